The lowest BCUT2D eigenvalue weighted by Gasteiger charge is -2.13. The highest BCUT2D eigenvalue weighted by Gasteiger charge is 2.40. The summed E-state index contributed by atoms with van der Waals surface area (Å²) in [5, 5.41) is 14.9. The first-order valence-electron chi connectivity index (χ1n) is 8.61. The quantitative estimate of drug-likeness (QED) is 0.396. The lowest BCUT2D eigenvalue weighted by atomic mass is 10.1. The lowest BCUT2D eigenvalue weighted by molar-refractivity contribution is 0.221. The molecule has 0 saturated heterocycles. The molecule has 0 spiro atoms. The molecule has 8 nitrogen and oxygen atoms in total. The summed E-state index contributed by atoms with van der Waals surface area (Å²) in [7, 11) is -1.40. The second-order valence-corrected chi connectivity index (χ2v) is 7.93. The zero-order valence-corrected chi connectivity index (χ0v) is 15.6. The number of carbonyl (C=O) groups is 2. The minimum Gasteiger partial charge on any atom is -0.439 e. The Hall–Kier alpha value is -3.98. The molecule has 4 aromatic rings. The largest absolute Gasteiger partial charge is 0.554 e. The maximum Gasteiger partial charge on any atom is 0.554 e. The molecule has 0 radical (unpaired) electrons. The molecule has 29 heavy (non-hydrogen) atoms. The highest BCUT2D eigenvalue weighted by atomic mass is 32.2. The molecule has 0 bridgehead atoms. The minimum absolute atomic E-state index is 0.320. The fourth-order valence-corrected chi connectivity index (χ4v) is 5.05. The number of carbonyl (C=O) groups excluding carboxylic acids is 1. The highest BCUT2D eigenvalue weighted by molar-refractivity contribution is 7.57. The number of hydrogen-bond acceptors (Lipinski definition) is 5. The number of pyridine rings is 2. The summed E-state index contributed by atoms with van der Waals surface area (Å²) >= 11 is 0. The summed E-state index contributed by atoms with van der Waals surface area (Å²) in [5.41, 5.74) is 1.35. The van der Waals surface area contributed by atoms with Crippen LogP contribution in [0.25, 0.3) is 20.8 Å². The third-order valence-corrected chi connectivity index (χ3v) is 6.24. The van der Waals surface area contributed by atoms with Gasteiger partial charge in [0.25, 0.3) is 4.83 Å². The molecule has 2 amide bonds. The number of benzene rings is 1. The van der Waals surface area contributed by atoms with Crippen molar-refractivity contribution < 1.29 is 19.4 Å². The molecule has 0 saturated carbocycles. The number of nitrogens with one attached hydrogen (secondary N) is 2. The number of rotatable bonds is 4. The third-order valence-electron chi connectivity index (χ3n) is 4.37. The SMILES string of the molecule is O=C1Nc2ccnc3c2c(c(-c2cccc(Oc4ccccc4)n2)[s+]3C(=O)O)N1. The molecule has 9 heteroatoms. The van der Waals surface area contributed by atoms with Crippen molar-refractivity contribution in [1.29, 1.82) is 0 Å². The maximum atomic E-state index is 12.1. The molecule has 0 aliphatic carbocycles. The van der Waals surface area contributed by atoms with Crippen molar-refractivity contribution in [2.75, 3.05) is 10.6 Å². The van der Waals surface area contributed by atoms with Crippen molar-refractivity contribution in [3.63, 3.8) is 0 Å². The first kappa shape index (κ1) is 17.1. The van der Waals surface area contributed by atoms with Crippen LogP contribution >= 0.6 is 10.5 Å². The van der Waals surface area contributed by atoms with Gasteiger partial charge in [-0.1, -0.05) is 24.3 Å². The number of aromatic nitrogens is 2. The first-order chi connectivity index (χ1) is 14.1. The number of ether oxygens (including phenoxy) is 1. The van der Waals surface area contributed by atoms with E-state index in [1.165, 1.54) is 6.20 Å². The van der Waals surface area contributed by atoms with Gasteiger partial charge in [0, 0.05) is 12.3 Å². The van der Waals surface area contributed by atoms with Crippen LogP contribution in [0.2, 0.25) is 0 Å². The van der Waals surface area contributed by atoms with Gasteiger partial charge in [-0.25, -0.2) is 14.8 Å². The van der Waals surface area contributed by atoms with E-state index in [1.807, 2.05) is 18.2 Å². The van der Waals surface area contributed by atoms with Crippen molar-refractivity contribution in [3.05, 3.63) is 60.8 Å². The molecule has 1 atom stereocenters. The van der Waals surface area contributed by atoms with Crippen LogP contribution in [0.1, 0.15) is 0 Å². The Kier molecular flexibility index (Phi) is 3.88. The van der Waals surface area contributed by atoms with Crippen LogP contribution in [0.4, 0.5) is 21.0 Å². The molecule has 5 rings (SSSR count). The van der Waals surface area contributed by atoms with Gasteiger partial charge in [-0.2, -0.15) is 4.79 Å². The fraction of sp³-hybridized carbons (Fsp3) is 0. The fourth-order valence-electron chi connectivity index (χ4n) is 3.25. The van der Waals surface area contributed by atoms with Gasteiger partial charge in [0.1, 0.15) is 33.0 Å². The second-order valence-electron chi connectivity index (χ2n) is 6.17. The van der Waals surface area contributed by atoms with E-state index in [0.717, 1.165) is 0 Å². The Morgan fingerprint density at radius 3 is 2.66 bits per heavy atom. The maximum absolute atomic E-state index is 12.1. The standard InChI is InChI=1S/C20H12N4O4S/c25-19-23-12-9-10-21-18-15(12)16(24-19)17(29(18)20(26)27)13-7-4-8-14(22-13)28-11-5-2-1-3-6-11/h1-10H,(H2-,21,22,23,24,25,26,27)/p+1. The van der Waals surface area contributed by atoms with Gasteiger partial charge >= 0.3 is 11.3 Å². The molecule has 1 unspecified atom stereocenters. The highest BCUT2D eigenvalue weighted by Crippen LogP contribution is 2.52. The van der Waals surface area contributed by atoms with Gasteiger partial charge in [0.2, 0.25) is 10.8 Å². The number of para-hydroxylation sites is 1. The molecule has 3 aromatic heterocycles. The molecule has 4 heterocycles. The van der Waals surface area contributed by atoms with Crippen LogP contribution in [-0.4, -0.2) is 26.4 Å². The van der Waals surface area contributed by atoms with E-state index >= 15 is 0 Å². The Bertz CT molecular complexity index is 1290. The van der Waals surface area contributed by atoms with Gasteiger partial charge in [-0.05, 0) is 24.3 Å². The molecular weight excluding hydrogens is 392 g/mol. The van der Waals surface area contributed by atoms with Crippen molar-refractivity contribution in [2.45, 2.75) is 0 Å². The topological polar surface area (TPSA) is 113 Å². The van der Waals surface area contributed by atoms with Gasteiger partial charge < -0.3 is 20.5 Å². The summed E-state index contributed by atoms with van der Waals surface area (Å²) in [6, 6.07) is 15.5. The Morgan fingerprint density at radius 2 is 1.86 bits per heavy atom. The van der Waals surface area contributed by atoms with Crippen LogP contribution in [-0.2, 0) is 0 Å². The van der Waals surface area contributed by atoms with E-state index in [4.69, 9.17) is 4.74 Å². The number of anilines is 2. The number of hydrogen-bond donors (Lipinski definition) is 3. The van der Waals surface area contributed by atoms with Gasteiger partial charge in [0.05, 0.1) is 5.69 Å². The Morgan fingerprint density at radius 1 is 1.03 bits per heavy atom. The summed E-state index contributed by atoms with van der Waals surface area (Å²) in [6.07, 6.45) is 1.49. The van der Waals surface area contributed by atoms with E-state index < -0.39 is 21.8 Å². The van der Waals surface area contributed by atoms with Crippen molar-refractivity contribution >= 4 is 43.4 Å². The van der Waals surface area contributed by atoms with Crippen LogP contribution in [0.15, 0.2) is 60.8 Å². The molecular formula is C20H13N4O4S+. The summed E-state index contributed by atoms with van der Waals surface area (Å²) in [5.74, 6) is 0.931. The molecule has 1 aliphatic heterocycles. The third kappa shape index (κ3) is 2.84. The number of carboxylic acid groups (broad SMARTS) is 1. The minimum atomic E-state index is -1.40. The smallest absolute Gasteiger partial charge is 0.439 e. The average molecular weight is 405 g/mol. The zero-order chi connectivity index (χ0) is 20.0. The number of nitrogens with zero attached hydrogens (tertiary/aromatic N) is 2. The molecule has 142 valence electrons. The van der Waals surface area contributed by atoms with Crippen LogP contribution in [0.5, 0.6) is 11.6 Å². The Labute approximate surface area is 166 Å². The molecule has 1 aliphatic rings. The Balaban J connectivity index is 1.72. The average Bonchev–Trinajstić information content (AvgIpc) is 3.05. The van der Waals surface area contributed by atoms with Crippen molar-refractivity contribution in [3.8, 4) is 22.2 Å². The molecule has 3 N–H and O–H groups in total. The van der Waals surface area contributed by atoms with Crippen molar-refractivity contribution in [2.24, 2.45) is 0 Å². The zero-order valence-electron chi connectivity index (χ0n) is 14.7. The lowest BCUT2D eigenvalue weighted by Crippen LogP contribution is -2.23. The van der Waals surface area contributed by atoms with E-state index in [2.05, 4.69) is 20.6 Å². The predicted octanol–water partition coefficient (Wildman–Crippen LogP) is 5.32. The molecule has 0 fully saturated rings. The van der Waals surface area contributed by atoms with E-state index in [-0.39, 0.29) is 0 Å². The van der Waals surface area contributed by atoms with Crippen LogP contribution in [0, 0.1) is 0 Å². The van der Waals surface area contributed by atoms with Gasteiger partial charge in [-0.3, -0.25) is 0 Å². The van der Waals surface area contributed by atoms with Crippen LogP contribution < -0.4 is 15.4 Å². The van der Waals surface area contributed by atoms with Gasteiger partial charge in [-0.15, -0.1) is 0 Å². The number of thiophene rings is 1. The first-order valence-corrected chi connectivity index (χ1v) is 9.83. The normalized spacial score (nSPS) is 13.0. The predicted molar refractivity (Wildman–Crippen MR) is 110 cm³/mol. The summed E-state index contributed by atoms with van der Waals surface area (Å²) < 4.78 is 5.79. The van der Waals surface area contributed by atoms with Crippen molar-refractivity contribution in [1.82, 2.24) is 9.97 Å². The summed E-state index contributed by atoms with van der Waals surface area (Å²) in [4.78, 5) is 33.8. The number of urea groups is 1. The summed E-state index contributed by atoms with van der Waals surface area (Å²) in [6.45, 7) is 0. The van der Waals surface area contributed by atoms with E-state index in [0.29, 0.717) is 43.8 Å². The monoisotopic (exact) mass is 405 g/mol. The van der Waals surface area contributed by atoms with E-state index in [1.54, 1.807) is 36.4 Å². The van der Waals surface area contributed by atoms with Crippen LogP contribution in [0.3, 0.4) is 0 Å². The van der Waals surface area contributed by atoms with E-state index in [9.17, 15) is 14.7 Å². The molecule has 1 aromatic carbocycles. The second kappa shape index (κ2) is 6.57. The van der Waals surface area contributed by atoms with Gasteiger partial charge in [0.15, 0.2) is 0 Å². The number of amides is 2.